The Kier molecular flexibility index (Phi) is 6.05. The van der Waals surface area contributed by atoms with Crippen molar-refractivity contribution in [3.63, 3.8) is 0 Å². The van der Waals surface area contributed by atoms with E-state index in [9.17, 15) is 4.79 Å². The van der Waals surface area contributed by atoms with Gasteiger partial charge in [-0.05, 0) is 40.3 Å². The lowest BCUT2D eigenvalue weighted by Gasteiger charge is -2.47. The molecule has 1 unspecified atom stereocenters. The fourth-order valence-electron chi connectivity index (χ4n) is 2.39. The zero-order valence-electron chi connectivity index (χ0n) is 12.1. The van der Waals surface area contributed by atoms with Gasteiger partial charge in [0.05, 0.1) is 13.2 Å². The van der Waals surface area contributed by atoms with E-state index in [1.165, 1.54) is 19.3 Å². The van der Waals surface area contributed by atoms with E-state index in [0.29, 0.717) is 13.2 Å². The van der Waals surface area contributed by atoms with Gasteiger partial charge in [0.2, 0.25) is 5.91 Å². The Labute approximate surface area is 110 Å². The highest BCUT2D eigenvalue weighted by Gasteiger charge is 2.38. The lowest BCUT2D eigenvalue weighted by atomic mass is 9.75. The molecule has 106 valence electrons. The van der Waals surface area contributed by atoms with Crippen molar-refractivity contribution in [2.45, 2.75) is 37.8 Å². The third kappa shape index (κ3) is 4.23. The summed E-state index contributed by atoms with van der Waals surface area (Å²) in [6, 6.07) is 0.0656. The number of carbonyl (C=O) groups excluding carboxylic acids is 1. The molecule has 1 atom stereocenters. The van der Waals surface area contributed by atoms with Gasteiger partial charge in [-0.1, -0.05) is 0 Å². The smallest absolute Gasteiger partial charge is 0.234 e. The second kappa shape index (κ2) is 7.07. The van der Waals surface area contributed by atoms with Crippen LogP contribution in [0.25, 0.3) is 0 Å². The van der Waals surface area contributed by atoms with Crippen molar-refractivity contribution in [2.75, 3.05) is 40.9 Å². The van der Waals surface area contributed by atoms with Crippen LogP contribution in [-0.2, 0) is 9.53 Å². The van der Waals surface area contributed by atoms with Crippen LogP contribution in [0.2, 0.25) is 0 Å². The first kappa shape index (κ1) is 15.4. The van der Waals surface area contributed by atoms with Crippen molar-refractivity contribution in [1.29, 1.82) is 0 Å². The van der Waals surface area contributed by atoms with Gasteiger partial charge in [-0.25, -0.2) is 0 Å². The fraction of sp³-hybridized carbons (Fsp3) is 0.923. The van der Waals surface area contributed by atoms with E-state index < -0.39 is 0 Å². The van der Waals surface area contributed by atoms with Crippen molar-refractivity contribution in [1.82, 2.24) is 15.5 Å². The van der Waals surface area contributed by atoms with Crippen LogP contribution in [0.3, 0.4) is 0 Å². The topological polar surface area (TPSA) is 53.6 Å². The van der Waals surface area contributed by atoms with Crippen LogP contribution >= 0.6 is 0 Å². The SMILES string of the molecule is COCC(C)NC(=O)CNCC1(N(C)C)CCC1. The van der Waals surface area contributed by atoms with Crippen LogP contribution in [0.15, 0.2) is 0 Å². The zero-order valence-corrected chi connectivity index (χ0v) is 12.1. The molecule has 1 fully saturated rings. The monoisotopic (exact) mass is 257 g/mol. The number of methoxy groups -OCH3 is 1. The molecule has 0 saturated heterocycles. The van der Waals surface area contributed by atoms with Gasteiger partial charge in [-0.15, -0.1) is 0 Å². The summed E-state index contributed by atoms with van der Waals surface area (Å²) in [5.74, 6) is 0.0350. The maximum atomic E-state index is 11.6. The minimum atomic E-state index is 0.0350. The molecule has 0 radical (unpaired) electrons. The Hall–Kier alpha value is -0.650. The maximum absolute atomic E-state index is 11.6. The molecule has 0 heterocycles. The predicted octanol–water partition coefficient (Wildman–Crippen LogP) is 0.211. The second-order valence-corrected chi connectivity index (χ2v) is 5.50. The van der Waals surface area contributed by atoms with Crippen LogP contribution in [0.1, 0.15) is 26.2 Å². The molecule has 1 amide bonds. The summed E-state index contributed by atoms with van der Waals surface area (Å²) < 4.78 is 4.98. The molecule has 0 aromatic heterocycles. The van der Waals surface area contributed by atoms with Crippen LogP contribution in [-0.4, -0.2) is 63.3 Å². The summed E-state index contributed by atoms with van der Waals surface area (Å²) >= 11 is 0. The van der Waals surface area contributed by atoms with Crippen molar-refractivity contribution >= 4 is 5.91 Å². The number of carbonyl (C=O) groups is 1. The first-order valence-corrected chi connectivity index (χ1v) is 6.66. The predicted molar refractivity (Wildman–Crippen MR) is 72.6 cm³/mol. The highest BCUT2D eigenvalue weighted by molar-refractivity contribution is 5.78. The van der Waals surface area contributed by atoms with Crippen molar-refractivity contribution in [2.24, 2.45) is 0 Å². The van der Waals surface area contributed by atoms with Crippen LogP contribution in [0.5, 0.6) is 0 Å². The van der Waals surface area contributed by atoms with E-state index in [0.717, 1.165) is 6.54 Å². The maximum Gasteiger partial charge on any atom is 0.234 e. The fourth-order valence-corrected chi connectivity index (χ4v) is 2.39. The van der Waals surface area contributed by atoms with Gasteiger partial charge < -0.3 is 20.3 Å². The van der Waals surface area contributed by atoms with Gasteiger partial charge in [0.1, 0.15) is 0 Å². The second-order valence-electron chi connectivity index (χ2n) is 5.50. The molecule has 5 heteroatoms. The molecule has 1 aliphatic carbocycles. The van der Waals surface area contributed by atoms with Crippen molar-refractivity contribution in [3.8, 4) is 0 Å². The molecule has 0 bridgehead atoms. The van der Waals surface area contributed by atoms with E-state index in [4.69, 9.17) is 4.74 Å². The molecular weight excluding hydrogens is 230 g/mol. The first-order valence-electron chi connectivity index (χ1n) is 6.66. The minimum Gasteiger partial charge on any atom is -0.383 e. The van der Waals surface area contributed by atoms with Crippen LogP contribution < -0.4 is 10.6 Å². The van der Waals surface area contributed by atoms with Gasteiger partial charge in [-0.3, -0.25) is 4.79 Å². The number of hydrogen-bond donors (Lipinski definition) is 2. The summed E-state index contributed by atoms with van der Waals surface area (Å²) in [6.07, 6.45) is 3.72. The summed E-state index contributed by atoms with van der Waals surface area (Å²) in [6.45, 7) is 3.75. The lowest BCUT2D eigenvalue weighted by Crippen LogP contribution is -2.57. The van der Waals surface area contributed by atoms with Crippen molar-refractivity contribution in [3.05, 3.63) is 0 Å². The molecule has 0 aromatic carbocycles. The Morgan fingerprint density at radius 1 is 1.44 bits per heavy atom. The Balaban J connectivity index is 2.19. The molecule has 1 aliphatic rings. The van der Waals surface area contributed by atoms with Gasteiger partial charge in [-0.2, -0.15) is 0 Å². The van der Waals surface area contributed by atoms with E-state index in [2.05, 4.69) is 29.6 Å². The quantitative estimate of drug-likeness (QED) is 0.653. The molecule has 0 aromatic rings. The van der Waals surface area contributed by atoms with E-state index in [1.54, 1.807) is 7.11 Å². The molecule has 2 N–H and O–H groups in total. The zero-order chi connectivity index (χ0) is 13.6. The summed E-state index contributed by atoms with van der Waals surface area (Å²) in [5.41, 5.74) is 0.262. The van der Waals surface area contributed by atoms with Gasteiger partial charge >= 0.3 is 0 Å². The summed E-state index contributed by atoms with van der Waals surface area (Å²) in [4.78, 5) is 13.9. The number of hydrogen-bond acceptors (Lipinski definition) is 4. The number of amides is 1. The molecule has 1 rings (SSSR count). The Morgan fingerprint density at radius 3 is 2.56 bits per heavy atom. The van der Waals surface area contributed by atoms with Crippen molar-refractivity contribution < 1.29 is 9.53 Å². The number of rotatable bonds is 8. The number of ether oxygens (including phenoxy) is 1. The van der Waals surface area contributed by atoms with E-state index in [-0.39, 0.29) is 17.5 Å². The number of nitrogens with zero attached hydrogens (tertiary/aromatic N) is 1. The first-order chi connectivity index (χ1) is 8.50. The number of likely N-dealkylation sites (N-methyl/N-ethyl adjacent to an activating group) is 1. The van der Waals surface area contributed by atoms with Gasteiger partial charge in [0.15, 0.2) is 0 Å². The van der Waals surface area contributed by atoms with Gasteiger partial charge in [0.25, 0.3) is 0 Å². The lowest BCUT2D eigenvalue weighted by molar-refractivity contribution is -0.121. The Morgan fingerprint density at radius 2 is 2.11 bits per heavy atom. The van der Waals surface area contributed by atoms with Crippen LogP contribution in [0.4, 0.5) is 0 Å². The molecule has 18 heavy (non-hydrogen) atoms. The highest BCUT2D eigenvalue weighted by Crippen LogP contribution is 2.35. The van der Waals surface area contributed by atoms with E-state index in [1.807, 2.05) is 6.92 Å². The Bertz CT molecular complexity index is 265. The largest absolute Gasteiger partial charge is 0.383 e. The third-order valence-corrected chi connectivity index (χ3v) is 3.80. The molecular formula is C13H27N3O2. The molecule has 0 aliphatic heterocycles. The number of nitrogens with one attached hydrogen (secondary N) is 2. The average molecular weight is 257 g/mol. The van der Waals surface area contributed by atoms with Gasteiger partial charge in [0, 0.05) is 25.2 Å². The average Bonchev–Trinajstić information content (AvgIpc) is 2.21. The molecule has 0 spiro atoms. The summed E-state index contributed by atoms with van der Waals surface area (Å²) in [7, 11) is 5.86. The highest BCUT2D eigenvalue weighted by atomic mass is 16.5. The van der Waals surface area contributed by atoms with Crippen LogP contribution in [0, 0.1) is 0 Å². The third-order valence-electron chi connectivity index (χ3n) is 3.80. The normalized spacial score (nSPS) is 19.4. The minimum absolute atomic E-state index is 0.0350. The standard InChI is InChI=1S/C13H27N3O2/c1-11(9-18-4)15-12(17)8-14-10-13(16(2)3)6-5-7-13/h11,14H,5-10H2,1-4H3,(H,15,17). The summed E-state index contributed by atoms with van der Waals surface area (Å²) in [5, 5.41) is 6.15. The van der Waals surface area contributed by atoms with E-state index >= 15 is 0 Å². The molecule has 5 nitrogen and oxygen atoms in total. The molecule has 1 saturated carbocycles.